The van der Waals surface area contributed by atoms with E-state index >= 15 is 0 Å². The molecule has 0 aliphatic carbocycles. The van der Waals surface area contributed by atoms with Crippen molar-refractivity contribution in [2.45, 2.75) is 0 Å². The Morgan fingerprint density at radius 2 is 2.00 bits per heavy atom. The molecule has 0 fully saturated rings. The fourth-order valence-electron chi connectivity index (χ4n) is 0.181. The highest BCUT2D eigenvalue weighted by molar-refractivity contribution is 4.49. The lowest BCUT2D eigenvalue weighted by atomic mass is 11.1. The molecule has 6 heavy (non-hydrogen) atoms. The van der Waals surface area contributed by atoms with Gasteiger partial charge in [-0.15, -0.1) is 0 Å². The zero-order valence-electron chi connectivity index (χ0n) is 4.00. The minimum atomic E-state index is 0. The van der Waals surface area contributed by atoms with Crippen molar-refractivity contribution in [1.82, 2.24) is 15.0 Å². The first-order valence-electron chi connectivity index (χ1n) is 1.48. The van der Waals surface area contributed by atoms with Crippen molar-refractivity contribution in [3.8, 4) is 0 Å². The second-order valence-electron chi connectivity index (χ2n) is 0.738. The maximum Gasteiger partial charge on any atom is 1.00 e. The molecule has 1 aromatic rings. The molecular weight excluding hydrogens is 78.1 g/mol. The van der Waals surface area contributed by atoms with Gasteiger partial charge in [-0.2, -0.15) is 0 Å². The summed E-state index contributed by atoms with van der Waals surface area (Å²) in [6.07, 6.45) is 5.09. The fraction of sp³-hybridized carbons (Fsp3) is 0. The lowest BCUT2D eigenvalue weighted by molar-refractivity contribution is 1.03. The van der Waals surface area contributed by atoms with Gasteiger partial charge >= 0.3 is 1.43 Å². The summed E-state index contributed by atoms with van der Waals surface area (Å²) < 4.78 is 0. The fourth-order valence-corrected chi connectivity index (χ4v) is 0.181. The summed E-state index contributed by atoms with van der Waals surface area (Å²) in [4.78, 5) is 10.4. The van der Waals surface area contributed by atoms with Crippen molar-refractivity contribution >= 4 is 0 Å². The van der Waals surface area contributed by atoms with Crippen molar-refractivity contribution in [3.63, 3.8) is 0 Å². The normalized spacial score (nSPS) is 8.00. The average Bonchev–Trinajstić information content (AvgIpc) is 1.72. The highest BCUT2D eigenvalue weighted by atomic mass is 14.9. The molecule has 0 aliphatic heterocycles. The predicted molar refractivity (Wildman–Crippen MR) is 19.8 cm³/mol. The quantitative estimate of drug-likeness (QED) is 0.433. The number of hydrogen-bond acceptors (Lipinski definition) is 3. The molecule has 29 valence electrons. The van der Waals surface area contributed by atoms with Crippen molar-refractivity contribution in [2.75, 3.05) is 0 Å². The number of rotatable bonds is 0. The van der Waals surface area contributed by atoms with E-state index in [0.29, 0.717) is 0 Å². The summed E-state index contributed by atoms with van der Waals surface area (Å²) in [6, 6.07) is 0. The van der Waals surface area contributed by atoms with E-state index in [0.717, 1.165) is 0 Å². The first kappa shape index (κ1) is 3.21. The number of nitrogens with zero attached hydrogens (tertiary/aromatic N) is 3. The average molecular weight is 81.1 g/mol. The van der Waals surface area contributed by atoms with Crippen LogP contribution in [0.4, 0.5) is 0 Å². The van der Waals surface area contributed by atoms with Gasteiger partial charge < -0.3 is 0 Å². The summed E-state index contributed by atoms with van der Waals surface area (Å²) in [5.41, 5.74) is 0. The molecule has 0 aromatic carbocycles. The molecule has 0 saturated heterocycles. The Morgan fingerprint density at radius 3 is 2.17 bits per heavy atom. The summed E-state index contributed by atoms with van der Waals surface area (Å²) in [7, 11) is 0. The topological polar surface area (TPSA) is 38.7 Å². The lowest BCUT2D eigenvalue weighted by Crippen LogP contribution is -1.74. The van der Waals surface area contributed by atoms with Gasteiger partial charge in [0.05, 0.1) is 0 Å². The Labute approximate surface area is 36.6 Å². The minimum absolute atomic E-state index is 0. The first-order valence-corrected chi connectivity index (χ1v) is 1.48. The second kappa shape index (κ2) is 1.45. The Kier molecular flexibility index (Phi) is 0.774. The second-order valence-corrected chi connectivity index (χ2v) is 0.738. The highest BCUT2D eigenvalue weighted by Crippen LogP contribution is 1.56. The van der Waals surface area contributed by atoms with Crippen molar-refractivity contribution < 1.29 is 1.43 Å². The van der Waals surface area contributed by atoms with Gasteiger partial charge in [-0.3, -0.25) is 0 Å². The molecule has 3 nitrogen and oxygen atoms in total. The molecule has 0 amide bonds. The van der Waals surface area contributed by atoms with Gasteiger partial charge in [0.25, 0.3) is 0 Å². The van der Waals surface area contributed by atoms with Crippen molar-refractivity contribution in [1.29, 1.82) is 0 Å². The van der Waals surface area contributed by atoms with E-state index in [1.165, 1.54) is 12.7 Å². The molecule has 0 aliphatic rings. The summed E-state index contributed by atoms with van der Waals surface area (Å²) in [5, 5.41) is 0. The number of hydrogen-bond donors (Lipinski definition) is 0. The van der Waals surface area contributed by atoms with E-state index in [9.17, 15) is 0 Å². The van der Waals surface area contributed by atoms with Crippen LogP contribution in [0.25, 0.3) is 0 Å². The molecular formula is C3H3N3+. The van der Waals surface area contributed by atoms with E-state index in [2.05, 4.69) is 21.3 Å². The summed E-state index contributed by atoms with van der Waals surface area (Å²) >= 11 is 0. The van der Waals surface area contributed by atoms with Crippen LogP contribution in [-0.4, -0.2) is 15.0 Å². The molecule has 0 unspecified atom stereocenters. The molecule has 1 aromatic heterocycles. The van der Waals surface area contributed by atoms with Crippen LogP contribution in [0.2, 0.25) is 0 Å². The minimum Gasteiger partial charge on any atom is -0.225 e. The Bertz CT molecular complexity index is 82.1. The Morgan fingerprint density at radius 1 is 1.33 bits per heavy atom. The van der Waals surface area contributed by atoms with Gasteiger partial charge in [0.15, 0.2) is 0 Å². The highest BCUT2D eigenvalue weighted by Gasteiger charge is 1.61. The standard InChI is InChI=1S/C3H2N3/c1-4-2-6-3-5-1/h1-2H/p+1. The molecule has 0 atom stereocenters. The number of aromatic nitrogens is 3. The summed E-state index contributed by atoms with van der Waals surface area (Å²) in [5.74, 6) is 0. The Balaban J connectivity index is 0.000000360. The van der Waals surface area contributed by atoms with Crippen LogP contribution >= 0.6 is 0 Å². The zero-order chi connectivity index (χ0) is 4.24. The molecule has 0 bridgehead atoms. The van der Waals surface area contributed by atoms with E-state index in [4.69, 9.17) is 0 Å². The Hall–Kier alpha value is -0.990. The van der Waals surface area contributed by atoms with E-state index < -0.39 is 0 Å². The van der Waals surface area contributed by atoms with Crippen LogP contribution in [0.15, 0.2) is 12.7 Å². The molecule has 1 radical (unpaired) electrons. The van der Waals surface area contributed by atoms with Crippen LogP contribution in [0.3, 0.4) is 0 Å². The third-order valence-corrected chi connectivity index (χ3v) is 0.364. The predicted octanol–water partition coefficient (Wildman–Crippen LogP) is -0.216. The molecule has 0 saturated carbocycles. The van der Waals surface area contributed by atoms with Crippen LogP contribution in [0, 0.1) is 6.33 Å². The maximum atomic E-state index is 3.53. The molecule has 0 spiro atoms. The monoisotopic (exact) mass is 81.0 g/mol. The molecule has 0 N–H and O–H groups in total. The van der Waals surface area contributed by atoms with Gasteiger partial charge in [0.1, 0.15) is 12.7 Å². The van der Waals surface area contributed by atoms with Crippen molar-refractivity contribution in [3.05, 3.63) is 19.0 Å². The molecule has 1 rings (SSSR count). The third-order valence-electron chi connectivity index (χ3n) is 0.364. The third kappa shape index (κ3) is 0.484. The zero-order valence-corrected chi connectivity index (χ0v) is 3.00. The smallest absolute Gasteiger partial charge is 0.225 e. The van der Waals surface area contributed by atoms with Gasteiger partial charge in [-0.05, 0) is 0 Å². The van der Waals surface area contributed by atoms with E-state index in [1.807, 2.05) is 0 Å². The SMILES string of the molecule is [H+].[c]1ncncn1. The van der Waals surface area contributed by atoms with Crippen LogP contribution < -0.4 is 0 Å². The molecule has 3 heteroatoms. The maximum absolute atomic E-state index is 3.53. The van der Waals surface area contributed by atoms with Crippen LogP contribution in [0.5, 0.6) is 0 Å². The van der Waals surface area contributed by atoms with Gasteiger partial charge in [-0.1, -0.05) is 0 Å². The lowest BCUT2D eigenvalue weighted by Gasteiger charge is -1.68. The van der Waals surface area contributed by atoms with Gasteiger partial charge in [0.2, 0.25) is 6.33 Å². The van der Waals surface area contributed by atoms with E-state index in [1.54, 1.807) is 0 Å². The molecule has 1 heterocycles. The van der Waals surface area contributed by atoms with Crippen LogP contribution in [-0.2, 0) is 0 Å². The van der Waals surface area contributed by atoms with Crippen molar-refractivity contribution in [2.24, 2.45) is 0 Å². The van der Waals surface area contributed by atoms with Gasteiger partial charge in [0, 0.05) is 0 Å². The van der Waals surface area contributed by atoms with E-state index in [-0.39, 0.29) is 1.43 Å². The largest absolute Gasteiger partial charge is 1.00 e. The summed E-state index contributed by atoms with van der Waals surface area (Å²) in [6.45, 7) is 0. The van der Waals surface area contributed by atoms with Gasteiger partial charge in [-0.25, -0.2) is 15.0 Å². The first-order chi connectivity index (χ1) is 3.00. The van der Waals surface area contributed by atoms with Crippen LogP contribution in [0.1, 0.15) is 1.43 Å².